The Balaban J connectivity index is 2.08. The molecule has 0 aliphatic carbocycles. The Morgan fingerprint density at radius 1 is 1.19 bits per heavy atom. The molecule has 0 aliphatic heterocycles. The molecule has 104 valence electrons. The molecule has 0 atom stereocenters. The molecule has 2 heterocycles. The second-order valence-electron chi connectivity index (χ2n) is 4.50. The maximum atomic E-state index is 12.4. The quantitative estimate of drug-likeness (QED) is 0.546. The van der Waals surface area contributed by atoms with E-state index in [4.69, 9.17) is 4.42 Å². The normalized spacial score (nSPS) is 11.3. The molecule has 3 aromatic rings. The number of carbonyl (C=O) groups is 2. The fraction of sp³-hybridized carbons (Fsp3) is 0.0625. The van der Waals surface area contributed by atoms with Crippen LogP contribution in [0.3, 0.4) is 0 Å². The molecule has 3 rings (SSSR count). The van der Waals surface area contributed by atoms with E-state index in [0.29, 0.717) is 16.8 Å². The van der Waals surface area contributed by atoms with Crippen molar-refractivity contribution in [3.05, 3.63) is 60.3 Å². The number of benzene rings is 1. The number of fused-ring (bicyclic) bond motifs is 1. The summed E-state index contributed by atoms with van der Waals surface area (Å²) >= 11 is 0. The second-order valence-corrected chi connectivity index (χ2v) is 4.50. The fourth-order valence-corrected chi connectivity index (χ4v) is 2.10. The largest absolute Gasteiger partial charge is 0.465 e. The minimum atomic E-state index is -0.342. The van der Waals surface area contributed by atoms with Crippen molar-refractivity contribution < 1.29 is 14.0 Å². The lowest BCUT2D eigenvalue weighted by Gasteiger charge is -2.01. The molecule has 21 heavy (non-hydrogen) atoms. The summed E-state index contributed by atoms with van der Waals surface area (Å²) in [5.41, 5.74) is 1.22. The maximum Gasteiger partial charge on any atom is 0.257 e. The summed E-state index contributed by atoms with van der Waals surface area (Å²) in [6.45, 7) is 1.39. The number of furan rings is 1. The zero-order chi connectivity index (χ0) is 14.8. The van der Waals surface area contributed by atoms with Gasteiger partial charge in [-0.2, -0.15) is 0 Å². The van der Waals surface area contributed by atoms with E-state index in [-0.39, 0.29) is 17.5 Å². The first kappa shape index (κ1) is 13.1. The standard InChI is InChI=1S/C16H12N2O3/c1-11(19)16-17-13-6-2-3-7-14(13)18(16)15(20)9-8-12-5-4-10-21-12/h2-10H,1H3/b9-8+. The summed E-state index contributed by atoms with van der Waals surface area (Å²) in [5.74, 6) is 0.0960. The number of nitrogens with zero attached hydrogens (tertiary/aromatic N) is 2. The predicted molar refractivity (Wildman–Crippen MR) is 78.1 cm³/mol. The molecular weight excluding hydrogens is 268 g/mol. The van der Waals surface area contributed by atoms with E-state index in [9.17, 15) is 9.59 Å². The smallest absolute Gasteiger partial charge is 0.257 e. The van der Waals surface area contributed by atoms with Gasteiger partial charge in [-0.25, -0.2) is 4.98 Å². The maximum absolute atomic E-state index is 12.4. The number of ketones is 1. The Bertz CT molecular complexity index is 842. The summed E-state index contributed by atoms with van der Waals surface area (Å²) in [6, 6.07) is 10.6. The van der Waals surface area contributed by atoms with Crippen molar-refractivity contribution in [2.75, 3.05) is 0 Å². The van der Waals surface area contributed by atoms with Gasteiger partial charge in [-0.1, -0.05) is 12.1 Å². The average Bonchev–Trinajstić information content (AvgIpc) is 3.11. The van der Waals surface area contributed by atoms with Crippen LogP contribution in [0.15, 0.2) is 53.2 Å². The molecule has 1 aromatic carbocycles. The molecule has 0 radical (unpaired) electrons. The van der Waals surface area contributed by atoms with Gasteiger partial charge in [0.25, 0.3) is 5.91 Å². The van der Waals surface area contributed by atoms with Crippen molar-refractivity contribution in [1.29, 1.82) is 0 Å². The Kier molecular flexibility index (Phi) is 3.23. The highest BCUT2D eigenvalue weighted by Gasteiger charge is 2.17. The van der Waals surface area contributed by atoms with Crippen LogP contribution >= 0.6 is 0 Å². The van der Waals surface area contributed by atoms with E-state index in [1.165, 1.54) is 23.8 Å². The molecular formula is C16H12N2O3. The third-order valence-electron chi connectivity index (χ3n) is 3.03. The van der Waals surface area contributed by atoms with Crippen molar-refractivity contribution in [3.63, 3.8) is 0 Å². The van der Waals surface area contributed by atoms with E-state index in [1.807, 2.05) is 6.07 Å². The van der Waals surface area contributed by atoms with Crippen LogP contribution in [0, 0.1) is 0 Å². The molecule has 0 amide bonds. The Morgan fingerprint density at radius 2 is 2.00 bits per heavy atom. The lowest BCUT2D eigenvalue weighted by Crippen LogP contribution is -2.14. The van der Waals surface area contributed by atoms with E-state index in [0.717, 1.165) is 0 Å². The number of aromatic nitrogens is 2. The molecule has 0 unspecified atom stereocenters. The van der Waals surface area contributed by atoms with Gasteiger partial charge in [0, 0.05) is 13.0 Å². The minimum Gasteiger partial charge on any atom is -0.465 e. The van der Waals surface area contributed by atoms with Gasteiger partial charge in [-0.15, -0.1) is 0 Å². The van der Waals surface area contributed by atoms with Gasteiger partial charge in [0.1, 0.15) is 5.76 Å². The first-order valence-corrected chi connectivity index (χ1v) is 6.41. The van der Waals surface area contributed by atoms with Crippen LogP contribution < -0.4 is 0 Å². The van der Waals surface area contributed by atoms with Crippen LogP contribution in [0.1, 0.15) is 28.1 Å². The van der Waals surface area contributed by atoms with Crippen molar-refractivity contribution in [2.45, 2.75) is 6.92 Å². The topological polar surface area (TPSA) is 65.1 Å². The van der Waals surface area contributed by atoms with Gasteiger partial charge in [-0.05, 0) is 30.3 Å². The number of imidazole rings is 1. The Hall–Kier alpha value is -2.95. The zero-order valence-corrected chi connectivity index (χ0v) is 11.3. The third kappa shape index (κ3) is 2.41. The molecule has 0 spiro atoms. The van der Waals surface area contributed by atoms with Crippen LogP contribution in [-0.4, -0.2) is 21.2 Å². The van der Waals surface area contributed by atoms with Crippen LogP contribution in [0.25, 0.3) is 17.1 Å². The molecule has 0 saturated heterocycles. The third-order valence-corrected chi connectivity index (χ3v) is 3.03. The molecule has 5 heteroatoms. The first-order chi connectivity index (χ1) is 10.2. The molecule has 0 aliphatic rings. The van der Waals surface area contributed by atoms with Gasteiger partial charge >= 0.3 is 0 Å². The van der Waals surface area contributed by atoms with Gasteiger partial charge in [0.2, 0.25) is 0 Å². The minimum absolute atomic E-state index is 0.130. The van der Waals surface area contributed by atoms with Crippen molar-refractivity contribution in [3.8, 4) is 0 Å². The summed E-state index contributed by atoms with van der Waals surface area (Å²) in [4.78, 5) is 28.3. The zero-order valence-electron chi connectivity index (χ0n) is 11.3. The lowest BCUT2D eigenvalue weighted by atomic mass is 10.3. The van der Waals surface area contributed by atoms with Crippen LogP contribution in [0.4, 0.5) is 0 Å². The van der Waals surface area contributed by atoms with Crippen LogP contribution in [-0.2, 0) is 0 Å². The summed E-state index contributed by atoms with van der Waals surface area (Å²) in [7, 11) is 0. The van der Waals surface area contributed by atoms with E-state index in [1.54, 1.807) is 36.4 Å². The highest BCUT2D eigenvalue weighted by molar-refractivity contribution is 6.05. The Morgan fingerprint density at radius 3 is 2.71 bits per heavy atom. The molecule has 0 saturated carbocycles. The van der Waals surface area contributed by atoms with Crippen LogP contribution in [0.2, 0.25) is 0 Å². The van der Waals surface area contributed by atoms with Gasteiger partial charge in [0.05, 0.1) is 17.3 Å². The Labute approximate surface area is 120 Å². The molecule has 5 nitrogen and oxygen atoms in total. The lowest BCUT2D eigenvalue weighted by molar-refractivity contribution is 0.0935. The highest BCUT2D eigenvalue weighted by atomic mass is 16.3. The number of hydrogen-bond acceptors (Lipinski definition) is 4. The van der Waals surface area contributed by atoms with Gasteiger partial charge < -0.3 is 4.42 Å². The van der Waals surface area contributed by atoms with Crippen molar-refractivity contribution in [2.24, 2.45) is 0 Å². The van der Waals surface area contributed by atoms with E-state index in [2.05, 4.69) is 4.98 Å². The predicted octanol–water partition coefficient (Wildman–Crippen LogP) is 3.19. The second kappa shape index (κ2) is 5.20. The summed E-state index contributed by atoms with van der Waals surface area (Å²) in [6.07, 6.45) is 4.44. The number of para-hydroxylation sites is 2. The average molecular weight is 280 g/mol. The summed E-state index contributed by atoms with van der Waals surface area (Å²) < 4.78 is 6.45. The van der Waals surface area contributed by atoms with E-state index >= 15 is 0 Å². The summed E-state index contributed by atoms with van der Waals surface area (Å²) in [5, 5.41) is 0. The molecule has 2 aromatic heterocycles. The van der Waals surface area contributed by atoms with Gasteiger partial charge in [0.15, 0.2) is 11.6 Å². The van der Waals surface area contributed by atoms with Gasteiger partial charge in [-0.3, -0.25) is 14.2 Å². The number of rotatable bonds is 3. The highest BCUT2D eigenvalue weighted by Crippen LogP contribution is 2.17. The van der Waals surface area contributed by atoms with E-state index < -0.39 is 0 Å². The SMILES string of the molecule is CC(=O)c1nc2ccccc2n1C(=O)/C=C/c1ccco1. The fourth-order valence-electron chi connectivity index (χ4n) is 2.10. The first-order valence-electron chi connectivity index (χ1n) is 6.41. The number of hydrogen-bond donors (Lipinski definition) is 0. The molecule has 0 fully saturated rings. The van der Waals surface area contributed by atoms with Crippen molar-refractivity contribution >= 4 is 28.8 Å². The molecule has 0 N–H and O–H groups in total. The van der Waals surface area contributed by atoms with Crippen LogP contribution in [0.5, 0.6) is 0 Å². The molecule has 0 bridgehead atoms. The van der Waals surface area contributed by atoms with Crippen molar-refractivity contribution in [1.82, 2.24) is 9.55 Å². The number of carbonyl (C=O) groups excluding carboxylic acids is 2. The number of Topliss-reactive ketones (excluding diaryl/α,β-unsaturated/α-hetero) is 1. The monoisotopic (exact) mass is 280 g/mol. The number of allylic oxidation sites excluding steroid dienone is 1.